The van der Waals surface area contributed by atoms with Crippen LogP contribution in [0.1, 0.15) is 51.9 Å². The molecule has 3 aromatic heterocycles. The lowest BCUT2D eigenvalue weighted by atomic mass is 9.83. The number of aromatic nitrogens is 5. The molecule has 0 radical (unpaired) electrons. The Labute approximate surface area is 218 Å². The fraction of sp³-hybridized carbons (Fsp3) is 0.312. The van der Waals surface area contributed by atoms with Gasteiger partial charge in [0.2, 0.25) is 11.7 Å². The molecule has 1 fully saturated rings. The van der Waals surface area contributed by atoms with E-state index in [2.05, 4.69) is 136 Å². The SMILES string of the molecule is Cn1nc(C(C)(C)C)cc1-c1cccc[n+]1C1C2(C)c3ccccc3-c3c4ccccc4nc[n+]3C12C. The van der Waals surface area contributed by atoms with Gasteiger partial charge in [0, 0.05) is 30.2 Å². The summed E-state index contributed by atoms with van der Waals surface area (Å²) < 4.78 is 6.97. The van der Waals surface area contributed by atoms with Crippen LogP contribution in [0.25, 0.3) is 33.5 Å². The predicted molar refractivity (Wildman–Crippen MR) is 145 cm³/mol. The summed E-state index contributed by atoms with van der Waals surface area (Å²) in [5.74, 6) is 0. The second-order valence-corrected chi connectivity index (χ2v) is 12.1. The molecule has 1 aliphatic carbocycles. The first-order valence-corrected chi connectivity index (χ1v) is 13.1. The first-order chi connectivity index (χ1) is 17.7. The molecule has 3 atom stereocenters. The van der Waals surface area contributed by atoms with Gasteiger partial charge in [0.05, 0.1) is 11.1 Å². The molecule has 5 aromatic rings. The van der Waals surface area contributed by atoms with E-state index in [9.17, 15) is 0 Å². The lowest BCUT2D eigenvalue weighted by molar-refractivity contribution is -0.782. The second kappa shape index (κ2) is 7.12. The van der Waals surface area contributed by atoms with Gasteiger partial charge in [0.15, 0.2) is 17.3 Å². The van der Waals surface area contributed by atoms with Crippen LogP contribution in [0, 0.1) is 0 Å². The van der Waals surface area contributed by atoms with Crippen LogP contribution >= 0.6 is 0 Å². The molecule has 37 heavy (non-hydrogen) atoms. The Morgan fingerprint density at radius 1 is 0.919 bits per heavy atom. The minimum atomic E-state index is -0.181. The zero-order chi connectivity index (χ0) is 25.7. The zero-order valence-electron chi connectivity index (χ0n) is 22.4. The van der Waals surface area contributed by atoms with Crippen LogP contribution in [0.3, 0.4) is 0 Å². The molecule has 0 bridgehead atoms. The Morgan fingerprint density at radius 2 is 1.65 bits per heavy atom. The zero-order valence-corrected chi connectivity index (χ0v) is 22.4. The Kier molecular flexibility index (Phi) is 4.30. The highest BCUT2D eigenvalue weighted by Crippen LogP contribution is 2.69. The van der Waals surface area contributed by atoms with E-state index in [1.54, 1.807) is 0 Å². The molecule has 7 rings (SSSR count). The summed E-state index contributed by atoms with van der Waals surface area (Å²) in [5.41, 5.74) is 8.13. The maximum absolute atomic E-state index is 4.91. The van der Waals surface area contributed by atoms with Gasteiger partial charge in [-0.05, 0) is 48.7 Å². The lowest BCUT2D eigenvalue weighted by Crippen LogP contribution is -2.55. The number of pyridine rings is 1. The highest BCUT2D eigenvalue weighted by atomic mass is 15.3. The van der Waals surface area contributed by atoms with Crippen LogP contribution < -0.4 is 9.13 Å². The van der Waals surface area contributed by atoms with Crippen molar-refractivity contribution in [3.8, 4) is 22.6 Å². The van der Waals surface area contributed by atoms with E-state index in [1.807, 2.05) is 4.68 Å². The maximum Gasteiger partial charge on any atom is 0.288 e. The summed E-state index contributed by atoms with van der Waals surface area (Å²) in [5, 5.41) is 6.10. The van der Waals surface area contributed by atoms with Crippen molar-refractivity contribution in [3.63, 3.8) is 0 Å². The standard InChI is InChI=1S/C32H33N5/c1-30(2,3)27-19-26(35(6)34-27)25-17-11-12-18-36(25)29-31(4)23-15-9-7-13-21(23)28-22-14-8-10-16-24(22)33-20-37(28)32(29,31)5/h7-20,29H,1-6H3/q+2. The van der Waals surface area contributed by atoms with Crippen molar-refractivity contribution in [1.82, 2.24) is 14.8 Å². The number of hydrogen-bond donors (Lipinski definition) is 0. The minimum absolute atomic E-state index is 0.0123. The van der Waals surface area contributed by atoms with E-state index in [1.165, 1.54) is 27.9 Å². The quantitative estimate of drug-likeness (QED) is 0.312. The van der Waals surface area contributed by atoms with E-state index in [-0.39, 0.29) is 22.4 Å². The number of para-hydroxylation sites is 1. The normalized spacial score (nSPS) is 23.9. The van der Waals surface area contributed by atoms with Crippen LogP contribution in [-0.4, -0.2) is 14.8 Å². The molecule has 0 N–H and O–H groups in total. The summed E-state index contributed by atoms with van der Waals surface area (Å²) in [7, 11) is 2.06. The summed E-state index contributed by atoms with van der Waals surface area (Å²) >= 11 is 0. The number of aryl methyl sites for hydroxylation is 1. The van der Waals surface area contributed by atoms with Gasteiger partial charge >= 0.3 is 0 Å². The van der Waals surface area contributed by atoms with Crippen molar-refractivity contribution in [2.75, 3.05) is 0 Å². The first-order valence-electron chi connectivity index (χ1n) is 13.1. The van der Waals surface area contributed by atoms with Crippen molar-refractivity contribution in [1.29, 1.82) is 0 Å². The molecular formula is C32H33N5+2. The molecule has 0 amide bonds. The van der Waals surface area contributed by atoms with Crippen LogP contribution in [-0.2, 0) is 23.4 Å². The Bertz CT molecular complexity index is 1730. The summed E-state index contributed by atoms with van der Waals surface area (Å²) in [6.45, 7) is 11.5. The van der Waals surface area contributed by atoms with Gasteiger partial charge in [-0.25, -0.2) is 4.57 Å². The summed E-state index contributed by atoms with van der Waals surface area (Å²) in [6, 6.07) is 26.4. The van der Waals surface area contributed by atoms with Gasteiger partial charge in [-0.1, -0.05) is 57.2 Å². The number of rotatable bonds is 2. The number of benzene rings is 2. The number of nitrogens with zero attached hydrogens (tertiary/aromatic N) is 5. The smallest absolute Gasteiger partial charge is 0.262 e. The molecule has 0 spiro atoms. The van der Waals surface area contributed by atoms with E-state index in [0.29, 0.717) is 0 Å². The molecule has 2 aromatic carbocycles. The van der Waals surface area contributed by atoms with Gasteiger partial charge in [0.25, 0.3) is 6.33 Å². The molecular weight excluding hydrogens is 454 g/mol. The molecule has 5 nitrogen and oxygen atoms in total. The van der Waals surface area contributed by atoms with E-state index < -0.39 is 0 Å². The Balaban J connectivity index is 1.49. The van der Waals surface area contributed by atoms with Crippen LogP contribution in [0.15, 0.2) is 85.3 Å². The van der Waals surface area contributed by atoms with Gasteiger partial charge in [0.1, 0.15) is 16.8 Å². The van der Waals surface area contributed by atoms with Crippen molar-refractivity contribution < 1.29 is 9.13 Å². The topological polar surface area (TPSA) is 38.5 Å². The van der Waals surface area contributed by atoms with E-state index in [4.69, 9.17) is 10.1 Å². The average molecular weight is 488 g/mol. The van der Waals surface area contributed by atoms with E-state index >= 15 is 0 Å². The second-order valence-electron chi connectivity index (χ2n) is 12.1. The third-order valence-corrected chi connectivity index (χ3v) is 9.08. The van der Waals surface area contributed by atoms with Crippen LogP contribution in [0.4, 0.5) is 0 Å². The highest BCUT2D eigenvalue weighted by molar-refractivity contribution is 5.92. The molecule has 1 aliphatic heterocycles. The highest BCUT2D eigenvalue weighted by Gasteiger charge is 2.86. The van der Waals surface area contributed by atoms with Crippen LogP contribution in [0.2, 0.25) is 0 Å². The van der Waals surface area contributed by atoms with Gasteiger partial charge in [-0.2, -0.15) is 9.67 Å². The van der Waals surface area contributed by atoms with E-state index in [0.717, 1.165) is 16.9 Å². The minimum Gasteiger partial charge on any atom is -0.262 e. The first kappa shape index (κ1) is 22.3. The third-order valence-electron chi connectivity index (χ3n) is 9.08. The fourth-order valence-electron chi connectivity index (χ4n) is 6.94. The largest absolute Gasteiger partial charge is 0.288 e. The van der Waals surface area contributed by atoms with Gasteiger partial charge < -0.3 is 0 Å². The lowest BCUT2D eigenvalue weighted by Gasteiger charge is -2.25. The van der Waals surface area contributed by atoms with Crippen molar-refractivity contribution >= 4 is 10.9 Å². The van der Waals surface area contributed by atoms with Crippen molar-refractivity contribution in [3.05, 3.63) is 96.6 Å². The summed E-state index contributed by atoms with van der Waals surface area (Å²) in [6.07, 6.45) is 4.31. The molecule has 0 saturated heterocycles. The number of hydrogen-bond acceptors (Lipinski definition) is 2. The van der Waals surface area contributed by atoms with Gasteiger partial charge in [-0.15, -0.1) is 0 Å². The molecule has 4 heterocycles. The predicted octanol–water partition coefficient (Wildman–Crippen LogP) is 5.42. The monoisotopic (exact) mass is 487 g/mol. The van der Waals surface area contributed by atoms with Crippen molar-refractivity contribution in [2.45, 2.75) is 57.0 Å². The molecule has 2 aliphatic rings. The molecule has 184 valence electrons. The van der Waals surface area contributed by atoms with Crippen molar-refractivity contribution in [2.24, 2.45) is 7.05 Å². The summed E-state index contributed by atoms with van der Waals surface area (Å²) in [4.78, 5) is 4.91. The molecule has 3 unspecified atom stereocenters. The average Bonchev–Trinajstić information content (AvgIpc) is 3.17. The molecule has 5 heteroatoms. The third kappa shape index (κ3) is 2.74. The maximum atomic E-state index is 4.91. The Morgan fingerprint density at radius 3 is 2.43 bits per heavy atom. The fourth-order valence-corrected chi connectivity index (χ4v) is 6.94. The van der Waals surface area contributed by atoms with Crippen LogP contribution in [0.5, 0.6) is 0 Å². The van der Waals surface area contributed by atoms with Gasteiger partial charge in [-0.3, -0.25) is 4.68 Å². The molecule has 1 saturated carbocycles. The number of fused-ring (bicyclic) bond motifs is 8. The Hall–Kier alpha value is -3.86.